The molecule has 2 aliphatic rings. The largest absolute Gasteiger partial charge is 0.338 e. The van der Waals surface area contributed by atoms with Crippen LogP contribution in [0.15, 0.2) is 24.3 Å². The molecule has 23 heavy (non-hydrogen) atoms. The Hall–Kier alpha value is -1.36. The van der Waals surface area contributed by atoms with Crippen molar-refractivity contribution in [3.63, 3.8) is 0 Å². The van der Waals surface area contributed by atoms with Crippen LogP contribution in [0, 0.1) is 0 Å². The Bertz CT molecular complexity index is 660. The summed E-state index contributed by atoms with van der Waals surface area (Å²) < 4.78 is 23.2. The Morgan fingerprint density at radius 2 is 1.70 bits per heavy atom. The lowest BCUT2D eigenvalue weighted by Crippen LogP contribution is -2.37. The molecule has 1 aromatic carbocycles. The van der Waals surface area contributed by atoms with Crippen molar-refractivity contribution in [1.29, 1.82) is 0 Å². The third-order valence-corrected chi connectivity index (χ3v) is 7.06. The molecule has 4 nitrogen and oxygen atoms in total. The van der Waals surface area contributed by atoms with E-state index < -0.39 is 9.84 Å². The van der Waals surface area contributed by atoms with E-state index in [0.29, 0.717) is 17.9 Å². The van der Waals surface area contributed by atoms with Gasteiger partial charge in [-0.3, -0.25) is 4.79 Å². The SMILES string of the molecule is CN(C(=O)c1ccc(C2CCCCC2)cc1)C1CCS(=O)(=O)C1. The molecule has 1 aliphatic heterocycles. The van der Waals surface area contributed by atoms with Gasteiger partial charge in [0.05, 0.1) is 11.5 Å². The fourth-order valence-electron chi connectivity index (χ4n) is 3.78. The number of sulfone groups is 1. The van der Waals surface area contributed by atoms with Crippen LogP contribution in [0.3, 0.4) is 0 Å². The monoisotopic (exact) mass is 335 g/mol. The van der Waals surface area contributed by atoms with Crippen molar-refractivity contribution in [3.05, 3.63) is 35.4 Å². The minimum absolute atomic E-state index is 0.0812. The van der Waals surface area contributed by atoms with Gasteiger partial charge in [0.15, 0.2) is 9.84 Å². The second-order valence-electron chi connectivity index (χ2n) is 6.93. The van der Waals surface area contributed by atoms with Gasteiger partial charge >= 0.3 is 0 Å². The highest BCUT2D eigenvalue weighted by molar-refractivity contribution is 7.91. The quantitative estimate of drug-likeness (QED) is 0.853. The minimum Gasteiger partial charge on any atom is -0.338 e. The summed E-state index contributed by atoms with van der Waals surface area (Å²) in [5.41, 5.74) is 1.98. The number of rotatable bonds is 3. The molecular weight excluding hydrogens is 310 g/mol. The lowest BCUT2D eigenvalue weighted by atomic mass is 9.84. The summed E-state index contributed by atoms with van der Waals surface area (Å²) in [6.07, 6.45) is 6.96. The van der Waals surface area contributed by atoms with E-state index in [9.17, 15) is 13.2 Å². The van der Waals surface area contributed by atoms with Gasteiger partial charge in [-0.05, 0) is 42.9 Å². The number of carbonyl (C=O) groups is 1. The zero-order valence-electron chi connectivity index (χ0n) is 13.7. The van der Waals surface area contributed by atoms with E-state index in [2.05, 4.69) is 12.1 Å². The zero-order chi connectivity index (χ0) is 16.4. The molecule has 1 heterocycles. The number of hydrogen-bond donors (Lipinski definition) is 0. The topological polar surface area (TPSA) is 54.5 Å². The Morgan fingerprint density at radius 3 is 2.26 bits per heavy atom. The fraction of sp³-hybridized carbons (Fsp3) is 0.611. The molecule has 1 aromatic rings. The first-order valence-corrected chi connectivity index (χ1v) is 10.4. The van der Waals surface area contributed by atoms with Gasteiger partial charge in [-0.2, -0.15) is 0 Å². The third kappa shape index (κ3) is 3.77. The van der Waals surface area contributed by atoms with Crippen molar-refractivity contribution in [2.45, 2.75) is 50.5 Å². The van der Waals surface area contributed by atoms with Crippen molar-refractivity contribution < 1.29 is 13.2 Å². The second kappa shape index (κ2) is 6.63. The number of nitrogens with zero attached hydrogens (tertiary/aromatic N) is 1. The standard InChI is InChI=1S/C18H25NO3S/c1-19(17-11-12-23(21,22)13-17)18(20)16-9-7-15(8-10-16)14-5-3-2-4-6-14/h7-10,14,17H,2-6,11-13H2,1H3. The summed E-state index contributed by atoms with van der Waals surface area (Å²) >= 11 is 0. The highest BCUT2D eigenvalue weighted by Crippen LogP contribution is 2.32. The smallest absolute Gasteiger partial charge is 0.253 e. The van der Waals surface area contributed by atoms with E-state index in [1.165, 1.54) is 37.7 Å². The van der Waals surface area contributed by atoms with Crippen LogP contribution < -0.4 is 0 Å². The predicted octanol–water partition coefficient (Wildman–Crippen LogP) is 2.99. The molecule has 1 aliphatic carbocycles. The molecule has 1 atom stereocenters. The Labute approximate surface area is 138 Å². The summed E-state index contributed by atoms with van der Waals surface area (Å²) in [5, 5.41) is 0. The highest BCUT2D eigenvalue weighted by Gasteiger charge is 2.33. The maximum atomic E-state index is 12.6. The molecule has 1 saturated heterocycles. The number of hydrogen-bond acceptors (Lipinski definition) is 3. The van der Waals surface area contributed by atoms with Crippen molar-refractivity contribution in [2.75, 3.05) is 18.6 Å². The molecule has 0 N–H and O–H groups in total. The Balaban J connectivity index is 1.67. The molecule has 5 heteroatoms. The Morgan fingerprint density at radius 1 is 1.04 bits per heavy atom. The maximum Gasteiger partial charge on any atom is 0.253 e. The van der Waals surface area contributed by atoms with Gasteiger partial charge in [-0.1, -0.05) is 31.4 Å². The van der Waals surface area contributed by atoms with Crippen LogP contribution in [0.2, 0.25) is 0 Å². The number of benzene rings is 1. The van der Waals surface area contributed by atoms with Crippen LogP contribution in [0.4, 0.5) is 0 Å². The average molecular weight is 335 g/mol. The van der Waals surface area contributed by atoms with Gasteiger partial charge in [0.1, 0.15) is 0 Å². The summed E-state index contributed by atoms with van der Waals surface area (Å²) in [6.45, 7) is 0. The summed E-state index contributed by atoms with van der Waals surface area (Å²) in [4.78, 5) is 14.2. The molecule has 0 radical (unpaired) electrons. The Kier molecular flexibility index (Phi) is 4.76. The fourth-order valence-corrected chi connectivity index (χ4v) is 5.56. The summed E-state index contributed by atoms with van der Waals surface area (Å²) in [6, 6.07) is 7.74. The van der Waals surface area contributed by atoms with E-state index in [1.54, 1.807) is 11.9 Å². The minimum atomic E-state index is -2.97. The first-order chi connectivity index (χ1) is 11.0. The van der Waals surface area contributed by atoms with Crippen LogP contribution in [0.25, 0.3) is 0 Å². The molecule has 2 fully saturated rings. The first kappa shape index (κ1) is 16.5. The molecular formula is C18H25NO3S. The van der Waals surface area contributed by atoms with E-state index in [4.69, 9.17) is 0 Å². The van der Waals surface area contributed by atoms with Gasteiger partial charge in [-0.15, -0.1) is 0 Å². The van der Waals surface area contributed by atoms with Gasteiger partial charge in [0.25, 0.3) is 5.91 Å². The van der Waals surface area contributed by atoms with Crippen LogP contribution in [0.1, 0.15) is 60.4 Å². The molecule has 1 saturated carbocycles. The lowest BCUT2D eigenvalue weighted by Gasteiger charge is -2.24. The molecule has 0 bridgehead atoms. The van der Waals surface area contributed by atoms with Gasteiger partial charge in [-0.25, -0.2) is 8.42 Å². The van der Waals surface area contributed by atoms with Crippen LogP contribution in [-0.2, 0) is 9.84 Å². The predicted molar refractivity (Wildman–Crippen MR) is 91.4 cm³/mol. The molecule has 1 amide bonds. The molecule has 1 unspecified atom stereocenters. The highest BCUT2D eigenvalue weighted by atomic mass is 32.2. The normalized spacial score (nSPS) is 24.5. The van der Waals surface area contributed by atoms with E-state index in [1.807, 2.05) is 12.1 Å². The molecule has 0 aromatic heterocycles. The summed E-state index contributed by atoms with van der Waals surface area (Å²) in [5.74, 6) is 0.832. The lowest BCUT2D eigenvalue weighted by molar-refractivity contribution is 0.0747. The second-order valence-corrected chi connectivity index (χ2v) is 9.16. The van der Waals surface area contributed by atoms with Crippen LogP contribution >= 0.6 is 0 Å². The zero-order valence-corrected chi connectivity index (χ0v) is 14.5. The molecule has 3 rings (SSSR count). The number of carbonyl (C=O) groups excluding carboxylic acids is 1. The number of amides is 1. The van der Waals surface area contributed by atoms with E-state index >= 15 is 0 Å². The first-order valence-electron chi connectivity index (χ1n) is 8.54. The summed E-state index contributed by atoms with van der Waals surface area (Å²) in [7, 11) is -1.26. The maximum absolute atomic E-state index is 12.6. The van der Waals surface area contributed by atoms with Gasteiger partial charge < -0.3 is 4.90 Å². The van der Waals surface area contributed by atoms with Crippen LogP contribution in [-0.4, -0.2) is 43.8 Å². The van der Waals surface area contributed by atoms with Gasteiger partial charge in [0, 0.05) is 18.7 Å². The van der Waals surface area contributed by atoms with Crippen molar-refractivity contribution in [3.8, 4) is 0 Å². The van der Waals surface area contributed by atoms with Gasteiger partial charge in [0.2, 0.25) is 0 Å². The average Bonchev–Trinajstić information content (AvgIpc) is 2.94. The van der Waals surface area contributed by atoms with Crippen molar-refractivity contribution in [2.24, 2.45) is 0 Å². The van der Waals surface area contributed by atoms with E-state index in [0.717, 1.165) is 0 Å². The van der Waals surface area contributed by atoms with Crippen molar-refractivity contribution in [1.82, 2.24) is 4.90 Å². The molecule has 0 spiro atoms. The molecule has 126 valence electrons. The van der Waals surface area contributed by atoms with Crippen molar-refractivity contribution >= 4 is 15.7 Å². The van der Waals surface area contributed by atoms with E-state index in [-0.39, 0.29) is 23.5 Å². The van der Waals surface area contributed by atoms with Crippen LogP contribution in [0.5, 0.6) is 0 Å². The third-order valence-electron chi connectivity index (χ3n) is 5.31.